The highest BCUT2D eigenvalue weighted by molar-refractivity contribution is 5.94. The Labute approximate surface area is 112 Å². The quantitative estimate of drug-likeness (QED) is 0.517. The van der Waals surface area contributed by atoms with E-state index in [0.717, 1.165) is 25.7 Å². The average molecular weight is 262 g/mol. The topological polar surface area (TPSA) is 72.2 Å². The normalized spacial score (nSPS) is 16.6. The third-order valence-electron chi connectivity index (χ3n) is 3.51. The summed E-state index contributed by atoms with van der Waals surface area (Å²) in [5, 5.41) is 13.7. The summed E-state index contributed by atoms with van der Waals surface area (Å²) in [5.74, 6) is -0.212. The molecule has 0 unspecified atom stereocenters. The molecule has 0 bridgehead atoms. The van der Waals surface area contributed by atoms with Gasteiger partial charge in [-0.1, -0.05) is 31.7 Å². The predicted molar refractivity (Wildman–Crippen MR) is 72.1 cm³/mol. The highest BCUT2D eigenvalue weighted by Crippen LogP contribution is 2.18. The first-order valence-corrected chi connectivity index (χ1v) is 6.72. The number of benzene rings is 1. The maximum atomic E-state index is 12.1. The molecule has 1 aliphatic rings. The van der Waals surface area contributed by atoms with Crippen LogP contribution >= 0.6 is 0 Å². The van der Waals surface area contributed by atoms with E-state index < -0.39 is 4.92 Å². The minimum absolute atomic E-state index is 0.0477. The molecular formula is C14H18N2O3. The Morgan fingerprint density at radius 3 is 2.53 bits per heavy atom. The van der Waals surface area contributed by atoms with Gasteiger partial charge in [-0.15, -0.1) is 0 Å². The Morgan fingerprint density at radius 1 is 1.21 bits per heavy atom. The number of hydrogen-bond donors (Lipinski definition) is 1. The minimum Gasteiger partial charge on any atom is -0.349 e. The van der Waals surface area contributed by atoms with E-state index in [0.29, 0.717) is 5.56 Å². The molecule has 2 rings (SSSR count). The standard InChI is InChI=1S/C14H18N2O3/c17-14(15-12-7-3-1-2-4-8-12)11-6-5-9-13(10-11)16(18)19/h5-6,9-10,12H,1-4,7-8H2,(H,15,17). The van der Waals surface area contributed by atoms with Gasteiger partial charge in [0.2, 0.25) is 0 Å². The average Bonchev–Trinajstić information content (AvgIpc) is 2.67. The summed E-state index contributed by atoms with van der Waals surface area (Å²) in [4.78, 5) is 22.3. The van der Waals surface area contributed by atoms with Crippen LogP contribution in [0, 0.1) is 10.1 Å². The van der Waals surface area contributed by atoms with Gasteiger partial charge >= 0.3 is 0 Å². The van der Waals surface area contributed by atoms with Crippen LogP contribution in [-0.4, -0.2) is 16.9 Å². The molecule has 0 saturated heterocycles. The molecule has 1 fully saturated rings. The second kappa shape index (κ2) is 6.31. The second-order valence-corrected chi connectivity index (χ2v) is 4.97. The lowest BCUT2D eigenvalue weighted by molar-refractivity contribution is -0.384. The first kappa shape index (κ1) is 13.5. The molecule has 1 aromatic carbocycles. The van der Waals surface area contributed by atoms with Crippen LogP contribution in [0.25, 0.3) is 0 Å². The number of nitrogens with zero attached hydrogens (tertiary/aromatic N) is 1. The zero-order valence-corrected chi connectivity index (χ0v) is 10.8. The van der Waals surface area contributed by atoms with Crippen molar-refractivity contribution in [2.24, 2.45) is 0 Å². The van der Waals surface area contributed by atoms with Gasteiger partial charge in [0, 0.05) is 23.7 Å². The zero-order chi connectivity index (χ0) is 13.7. The summed E-state index contributed by atoms with van der Waals surface area (Å²) < 4.78 is 0. The van der Waals surface area contributed by atoms with Crippen molar-refractivity contribution in [3.05, 3.63) is 39.9 Å². The molecule has 1 saturated carbocycles. The first-order chi connectivity index (χ1) is 9.16. The molecule has 5 nitrogen and oxygen atoms in total. The number of nitro benzene ring substituents is 1. The third kappa shape index (κ3) is 3.77. The Morgan fingerprint density at radius 2 is 1.89 bits per heavy atom. The smallest absolute Gasteiger partial charge is 0.270 e. The maximum Gasteiger partial charge on any atom is 0.270 e. The van der Waals surface area contributed by atoms with Gasteiger partial charge in [-0.2, -0.15) is 0 Å². The number of amides is 1. The molecule has 0 aromatic heterocycles. The zero-order valence-electron chi connectivity index (χ0n) is 10.8. The molecule has 1 amide bonds. The number of carbonyl (C=O) groups excluding carboxylic acids is 1. The fraction of sp³-hybridized carbons (Fsp3) is 0.500. The summed E-state index contributed by atoms with van der Waals surface area (Å²) >= 11 is 0. The molecular weight excluding hydrogens is 244 g/mol. The molecule has 0 aliphatic heterocycles. The van der Waals surface area contributed by atoms with E-state index in [1.165, 1.54) is 25.0 Å². The highest BCUT2D eigenvalue weighted by Gasteiger charge is 2.17. The van der Waals surface area contributed by atoms with Crippen molar-refractivity contribution in [3.8, 4) is 0 Å². The van der Waals surface area contributed by atoms with Crippen LogP contribution in [-0.2, 0) is 0 Å². The van der Waals surface area contributed by atoms with Crippen molar-refractivity contribution in [3.63, 3.8) is 0 Å². The van der Waals surface area contributed by atoms with Crippen molar-refractivity contribution < 1.29 is 9.72 Å². The Kier molecular flexibility index (Phi) is 4.49. The van der Waals surface area contributed by atoms with E-state index in [2.05, 4.69) is 5.32 Å². The van der Waals surface area contributed by atoms with Crippen molar-refractivity contribution in [2.45, 2.75) is 44.6 Å². The van der Waals surface area contributed by atoms with E-state index in [1.807, 2.05) is 0 Å². The Hall–Kier alpha value is -1.91. The third-order valence-corrected chi connectivity index (χ3v) is 3.51. The fourth-order valence-electron chi connectivity index (χ4n) is 2.45. The van der Waals surface area contributed by atoms with E-state index >= 15 is 0 Å². The highest BCUT2D eigenvalue weighted by atomic mass is 16.6. The number of hydrogen-bond acceptors (Lipinski definition) is 3. The summed E-state index contributed by atoms with van der Waals surface area (Å²) in [5.41, 5.74) is 0.312. The van der Waals surface area contributed by atoms with E-state index in [1.54, 1.807) is 12.1 Å². The van der Waals surface area contributed by atoms with Crippen LogP contribution in [0.2, 0.25) is 0 Å². The Balaban J connectivity index is 2.02. The summed E-state index contributed by atoms with van der Waals surface area (Å²) in [6.07, 6.45) is 6.73. The van der Waals surface area contributed by atoms with Crippen LogP contribution < -0.4 is 5.32 Å². The molecule has 0 heterocycles. The van der Waals surface area contributed by atoms with Gasteiger partial charge in [0.15, 0.2) is 0 Å². The summed E-state index contributed by atoms with van der Waals surface area (Å²) in [6, 6.07) is 6.07. The lowest BCUT2D eigenvalue weighted by Crippen LogP contribution is -2.34. The lowest BCUT2D eigenvalue weighted by Gasteiger charge is -2.16. The van der Waals surface area contributed by atoms with Crippen LogP contribution in [0.4, 0.5) is 5.69 Å². The number of rotatable bonds is 3. The Bertz CT molecular complexity index is 466. The van der Waals surface area contributed by atoms with Crippen LogP contribution in [0.5, 0.6) is 0 Å². The summed E-state index contributed by atoms with van der Waals surface area (Å²) in [6.45, 7) is 0. The molecule has 1 aromatic rings. The molecule has 5 heteroatoms. The van der Waals surface area contributed by atoms with E-state index in [9.17, 15) is 14.9 Å². The number of carbonyl (C=O) groups is 1. The number of non-ortho nitro benzene ring substituents is 1. The molecule has 0 atom stereocenters. The van der Waals surface area contributed by atoms with Crippen LogP contribution in [0.1, 0.15) is 48.9 Å². The number of nitro groups is 1. The van der Waals surface area contributed by atoms with Gasteiger partial charge in [-0.3, -0.25) is 14.9 Å². The first-order valence-electron chi connectivity index (χ1n) is 6.72. The van der Waals surface area contributed by atoms with Gasteiger partial charge in [-0.25, -0.2) is 0 Å². The van der Waals surface area contributed by atoms with Crippen LogP contribution in [0.15, 0.2) is 24.3 Å². The van der Waals surface area contributed by atoms with Crippen molar-refractivity contribution in [1.82, 2.24) is 5.32 Å². The van der Waals surface area contributed by atoms with Crippen LogP contribution in [0.3, 0.4) is 0 Å². The van der Waals surface area contributed by atoms with Crippen molar-refractivity contribution >= 4 is 11.6 Å². The molecule has 19 heavy (non-hydrogen) atoms. The maximum absolute atomic E-state index is 12.1. The predicted octanol–water partition coefficient (Wildman–Crippen LogP) is 3.05. The molecule has 1 N–H and O–H groups in total. The minimum atomic E-state index is -0.484. The van der Waals surface area contributed by atoms with Gasteiger partial charge in [0.25, 0.3) is 11.6 Å². The summed E-state index contributed by atoms with van der Waals surface area (Å²) in [7, 11) is 0. The van der Waals surface area contributed by atoms with Crippen molar-refractivity contribution in [1.29, 1.82) is 0 Å². The number of nitrogens with one attached hydrogen (secondary N) is 1. The largest absolute Gasteiger partial charge is 0.349 e. The van der Waals surface area contributed by atoms with Crippen molar-refractivity contribution in [2.75, 3.05) is 0 Å². The van der Waals surface area contributed by atoms with Gasteiger partial charge in [0.05, 0.1) is 4.92 Å². The lowest BCUT2D eigenvalue weighted by atomic mass is 10.1. The molecule has 102 valence electrons. The van der Waals surface area contributed by atoms with Gasteiger partial charge in [-0.05, 0) is 18.9 Å². The molecule has 1 aliphatic carbocycles. The fourth-order valence-corrected chi connectivity index (χ4v) is 2.45. The molecule has 0 radical (unpaired) electrons. The SMILES string of the molecule is O=C(NC1CCCCCC1)c1cccc([N+](=O)[O-])c1. The van der Waals surface area contributed by atoms with Gasteiger partial charge < -0.3 is 5.32 Å². The second-order valence-electron chi connectivity index (χ2n) is 4.97. The van der Waals surface area contributed by atoms with E-state index in [-0.39, 0.29) is 17.6 Å². The monoisotopic (exact) mass is 262 g/mol. The van der Waals surface area contributed by atoms with E-state index in [4.69, 9.17) is 0 Å². The van der Waals surface area contributed by atoms with Gasteiger partial charge in [0.1, 0.15) is 0 Å². The molecule has 0 spiro atoms.